The van der Waals surface area contributed by atoms with E-state index in [0.717, 1.165) is 12.8 Å². The lowest BCUT2D eigenvalue weighted by Gasteiger charge is -2.44. The molecular formula is C25H34F2N8O4S2. The fraction of sp³-hybridized carbons (Fsp3) is 0.600. The Morgan fingerprint density at radius 1 is 1.24 bits per heavy atom. The van der Waals surface area contributed by atoms with Crippen molar-refractivity contribution in [2.75, 3.05) is 45.2 Å². The average molecular weight is 613 g/mol. The van der Waals surface area contributed by atoms with Gasteiger partial charge in [-0.3, -0.25) is 9.30 Å². The van der Waals surface area contributed by atoms with Crippen LogP contribution < -0.4 is 9.62 Å². The molecule has 16 heteroatoms. The van der Waals surface area contributed by atoms with Crippen molar-refractivity contribution in [1.82, 2.24) is 34.1 Å². The van der Waals surface area contributed by atoms with Crippen LogP contribution >= 0.6 is 11.3 Å². The standard InChI is InChI=1S/C25H34F2N8O4S2/c1-15-12-33(13-16(2)35(15)24(36)39-9-8-32(4)5)18-10-17(41(37,38)31-25(3)6-7-25)14-34-19(18)11-28-21(34)23-30-29-22(40-23)20(26)27/h10-11,14-16,20,31H,6-9,12-13H2,1-5H3/t15-,16-/m0/s1. The van der Waals surface area contributed by atoms with Crippen molar-refractivity contribution < 1.29 is 26.7 Å². The highest BCUT2D eigenvalue weighted by molar-refractivity contribution is 7.89. The predicted octanol–water partition coefficient (Wildman–Crippen LogP) is 3.22. The zero-order chi connectivity index (χ0) is 29.7. The van der Waals surface area contributed by atoms with Crippen LogP contribution in [-0.2, 0) is 14.8 Å². The highest BCUT2D eigenvalue weighted by Crippen LogP contribution is 2.38. The summed E-state index contributed by atoms with van der Waals surface area (Å²) in [7, 11) is -0.127. The van der Waals surface area contributed by atoms with Crippen LogP contribution in [0, 0.1) is 0 Å². The summed E-state index contributed by atoms with van der Waals surface area (Å²) in [6, 6.07) is 1.12. The summed E-state index contributed by atoms with van der Waals surface area (Å²) in [5.41, 5.74) is 0.663. The molecule has 41 heavy (non-hydrogen) atoms. The van der Waals surface area contributed by atoms with Gasteiger partial charge in [-0.05, 0) is 53.8 Å². The number of fused-ring (bicyclic) bond motifs is 1. The van der Waals surface area contributed by atoms with Crippen molar-refractivity contribution in [3.05, 3.63) is 23.5 Å². The normalized spacial score (nSPS) is 20.8. The molecule has 1 saturated carbocycles. The maximum Gasteiger partial charge on any atom is 0.410 e. The number of carbonyl (C=O) groups is 1. The summed E-state index contributed by atoms with van der Waals surface area (Å²) >= 11 is 0.705. The third kappa shape index (κ3) is 6.15. The van der Waals surface area contributed by atoms with Gasteiger partial charge in [-0.15, -0.1) is 10.2 Å². The number of likely N-dealkylation sites (N-methyl/N-ethyl adjacent to an activating group) is 1. The first-order valence-corrected chi connectivity index (χ1v) is 15.6. The molecular weight excluding hydrogens is 578 g/mol. The smallest absolute Gasteiger partial charge is 0.410 e. The van der Waals surface area contributed by atoms with E-state index in [0.29, 0.717) is 42.2 Å². The second kappa shape index (κ2) is 11.0. The molecule has 2 atom stereocenters. The quantitative estimate of drug-likeness (QED) is 0.388. The van der Waals surface area contributed by atoms with E-state index >= 15 is 0 Å². The van der Waals surface area contributed by atoms with Crippen LogP contribution in [0.1, 0.15) is 45.0 Å². The van der Waals surface area contributed by atoms with Gasteiger partial charge in [0.15, 0.2) is 15.8 Å². The van der Waals surface area contributed by atoms with E-state index in [1.165, 1.54) is 6.20 Å². The Kier molecular flexibility index (Phi) is 7.95. The minimum Gasteiger partial charge on any atom is -0.448 e. The first-order valence-electron chi connectivity index (χ1n) is 13.3. The maximum atomic E-state index is 13.5. The van der Waals surface area contributed by atoms with Gasteiger partial charge in [0.2, 0.25) is 10.0 Å². The number of pyridine rings is 1. The number of imidazole rings is 1. The molecule has 4 heterocycles. The third-order valence-electron chi connectivity index (χ3n) is 7.34. The molecule has 224 valence electrons. The number of anilines is 1. The number of alkyl halides is 2. The minimum absolute atomic E-state index is 0.0109. The molecule has 0 unspecified atom stereocenters. The number of sulfonamides is 1. The molecule has 2 aliphatic rings. The SMILES string of the molecule is C[C@H]1CN(c2cc(S(=O)(=O)NC3(C)CC3)cn3c(-c4nnc(C(F)F)s4)ncc23)C[C@H](C)N1C(=O)OCCN(C)C. The molecule has 2 fully saturated rings. The van der Waals surface area contributed by atoms with E-state index in [2.05, 4.69) is 19.9 Å². The van der Waals surface area contributed by atoms with E-state index in [4.69, 9.17) is 4.74 Å². The summed E-state index contributed by atoms with van der Waals surface area (Å²) in [5.74, 6) is 0.213. The number of hydrogen-bond donors (Lipinski definition) is 1. The van der Waals surface area contributed by atoms with Crippen molar-refractivity contribution in [2.45, 2.75) is 62.6 Å². The molecule has 1 amide bonds. The molecule has 3 aromatic rings. The van der Waals surface area contributed by atoms with Gasteiger partial charge < -0.3 is 14.5 Å². The zero-order valence-corrected chi connectivity index (χ0v) is 25.2. The van der Waals surface area contributed by atoms with Gasteiger partial charge in [0.25, 0.3) is 6.43 Å². The van der Waals surface area contributed by atoms with Crippen molar-refractivity contribution >= 4 is 38.7 Å². The van der Waals surface area contributed by atoms with Crippen molar-refractivity contribution in [2.24, 2.45) is 0 Å². The van der Waals surface area contributed by atoms with Crippen LogP contribution in [0.15, 0.2) is 23.4 Å². The Morgan fingerprint density at radius 2 is 1.93 bits per heavy atom. The van der Waals surface area contributed by atoms with E-state index in [1.807, 2.05) is 44.7 Å². The van der Waals surface area contributed by atoms with Gasteiger partial charge in [-0.2, -0.15) is 0 Å². The van der Waals surface area contributed by atoms with Gasteiger partial charge in [0, 0.05) is 31.4 Å². The van der Waals surface area contributed by atoms with Crippen molar-refractivity contribution in [1.29, 1.82) is 0 Å². The number of aromatic nitrogens is 4. The number of carbonyl (C=O) groups excluding carboxylic acids is 1. The molecule has 0 radical (unpaired) electrons. The summed E-state index contributed by atoms with van der Waals surface area (Å²) in [6.07, 6.45) is 1.30. The van der Waals surface area contributed by atoms with Gasteiger partial charge in [0.1, 0.15) is 11.5 Å². The Bertz CT molecular complexity index is 1530. The molecule has 5 rings (SSSR count). The average Bonchev–Trinajstić information content (AvgIpc) is 3.26. The molecule has 1 aliphatic carbocycles. The highest BCUT2D eigenvalue weighted by atomic mass is 32.2. The molecule has 0 spiro atoms. The summed E-state index contributed by atoms with van der Waals surface area (Å²) in [6.45, 7) is 7.38. The van der Waals surface area contributed by atoms with Crippen LogP contribution in [0.3, 0.4) is 0 Å². The Morgan fingerprint density at radius 3 is 2.51 bits per heavy atom. The molecule has 0 aromatic carbocycles. The highest BCUT2D eigenvalue weighted by Gasteiger charge is 2.42. The first-order chi connectivity index (χ1) is 19.3. The summed E-state index contributed by atoms with van der Waals surface area (Å²) < 4.78 is 63.3. The van der Waals surface area contributed by atoms with Crippen LogP contribution in [0.4, 0.5) is 19.3 Å². The lowest BCUT2D eigenvalue weighted by atomic mass is 10.1. The summed E-state index contributed by atoms with van der Waals surface area (Å²) in [4.78, 5) is 23.0. The lowest BCUT2D eigenvalue weighted by molar-refractivity contribution is 0.0624. The third-order valence-corrected chi connectivity index (χ3v) is 9.87. The van der Waals surface area contributed by atoms with Crippen LogP contribution in [0.5, 0.6) is 0 Å². The second-order valence-electron chi connectivity index (χ2n) is 11.2. The Labute approximate surface area is 241 Å². The largest absolute Gasteiger partial charge is 0.448 e. The van der Waals surface area contributed by atoms with Gasteiger partial charge in [0.05, 0.1) is 29.5 Å². The van der Waals surface area contributed by atoms with E-state index in [1.54, 1.807) is 21.6 Å². The molecule has 1 saturated heterocycles. The lowest BCUT2D eigenvalue weighted by Crippen LogP contribution is -2.59. The number of piperazine rings is 1. The van der Waals surface area contributed by atoms with Gasteiger partial charge in [-0.25, -0.2) is 31.7 Å². The predicted molar refractivity (Wildman–Crippen MR) is 150 cm³/mol. The van der Waals surface area contributed by atoms with Crippen LogP contribution in [0.2, 0.25) is 0 Å². The number of ether oxygens (including phenoxy) is 1. The van der Waals surface area contributed by atoms with E-state index < -0.39 is 33.1 Å². The molecule has 1 aliphatic heterocycles. The van der Waals surface area contributed by atoms with E-state index in [9.17, 15) is 22.0 Å². The monoisotopic (exact) mass is 612 g/mol. The molecule has 12 nitrogen and oxygen atoms in total. The van der Waals surface area contributed by atoms with E-state index in [-0.39, 0.29) is 34.4 Å². The summed E-state index contributed by atoms with van der Waals surface area (Å²) in [5, 5.41) is 7.16. The fourth-order valence-corrected chi connectivity index (χ4v) is 7.14. The topological polar surface area (TPSA) is 125 Å². The second-order valence-corrected chi connectivity index (χ2v) is 13.9. The van der Waals surface area contributed by atoms with Crippen molar-refractivity contribution in [3.63, 3.8) is 0 Å². The first kappa shape index (κ1) is 29.5. The number of halogens is 2. The number of rotatable bonds is 9. The number of nitrogens with zero attached hydrogens (tertiary/aromatic N) is 7. The number of nitrogens with one attached hydrogen (secondary N) is 1. The Hall–Kier alpha value is -2.95. The van der Waals surface area contributed by atoms with Crippen molar-refractivity contribution in [3.8, 4) is 10.8 Å². The van der Waals surface area contributed by atoms with Crippen LogP contribution in [-0.4, -0.2) is 102 Å². The zero-order valence-electron chi connectivity index (χ0n) is 23.5. The van der Waals surface area contributed by atoms with Gasteiger partial charge >= 0.3 is 6.09 Å². The maximum absolute atomic E-state index is 13.5. The van der Waals surface area contributed by atoms with Crippen LogP contribution in [0.25, 0.3) is 16.3 Å². The number of hydrogen-bond acceptors (Lipinski definition) is 10. The molecule has 1 N–H and O–H groups in total. The minimum atomic E-state index is -3.93. The number of amides is 1. The fourth-order valence-electron chi connectivity index (χ4n) is 4.97. The molecule has 3 aromatic heterocycles. The Balaban J connectivity index is 1.51. The van der Waals surface area contributed by atoms with Gasteiger partial charge in [-0.1, -0.05) is 11.3 Å². The molecule has 0 bridgehead atoms.